The fourth-order valence-corrected chi connectivity index (χ4v) is 6.52. The number of aromatic nitrogens is 1. The van der Waals surface area contributed by atoms with Crippen molar-refractivity contribution in [1.82, 2.24) is 14.8 Å². The van der Waals surface area contributed by atoms with Crippen LogP contribution in [-0.4, -0.2) is 66.1 Å². The van der Waals surface area contributed by atoms with E-state index < -0.39 is 0 Å². The molecule has 0 spiro atoms. The number of nitrogens with zero attached hydrogens (tertiary/aromatic N) is 4. The molecule has 0 amide bonds. The minimum atomic E-state index is 0.448. The molecule has 1 N–H and O–H groups in total. The predicted octanol–water partition coefficient (Wildman–Crippen LogP) is 6.03. The van der Waals surface area contributed by atoms with Crippen LogP contribution in [0.4, 0.5) is 11.5 Å². The number of benzene rings is 2. The maximum absolute atomic E-state index is 6.25. The van der Waals surface area contributed by atoms with E-state index >= 15 is 0 Å². The lowest BCUT2D eigenvalue weighted by Crippen LogP contribution is -2.43. The third kappa shape index (κ3) is 5.49. The zero-order chi connectivity index (χ0) is 24.3. The zero-order valence-corrected chi connectivity index (χ0v) is 22.0. The molecule has 3 aliphatic rings. The monoisotopic (exact) mass is 503 g/mol. The second kappa shape index (κ2) is 11.0. The van der Waals surface area contributed by atoms with E-state index in [4.69, 9.17) is 11.6 Å². The summed E-state index contributed by atoms with van der Waals surface area (Å²) < 4.78 is 0. The van der Waals surface area contributed by atoms with Crippen molar-refractivity contribution in [3.63, 3.8) is 0 Å². The molecule has 3 aromatic rings. The highest BCUT2D eigenvalue weighted by Crippen LogP contribution is 2.28. The molecule has 3 saturated heterocycles. The fourth-order valence-electron chi connectivity index (χ4n) is 6.35. The summed E-state index contributed by atoms with van der Waals surface area (Å²) in [5, 5.41) is 6.73. The highest BCUT2D eigenvalue weighted by atomic mass is 35.5. The second-order valence-corrected chi connectivity index (χ2v) is 11.3. The van der Waals surface area contributed by atoms with Crippen molar-refractivity contribution in [3.8, 4) is 0 Å². The van der Waals surface area contributed by atoms with E-state index in [1.807, 2.05) is 24.4 Å². The second-order valence-electron chi connectivity index (χ2n) is 10.8. The van der Waals surface area contributed by atoms with Gasteiger partial charge in [0.2, 0.25) is 0 Å². The Hall–Kier alpha value is -2.34. The van der Waals surface area contributed by atoms with E-state index in [0.29, 0.717) is 6.04 Å². The number of pyridine rings is 1. The first-order valence-corrected chi connectivity index (χ1v) is 14.2. The van der Waals surface area contributed by atoms with Crippen molar-refractivity contribution in [3.05, 3.63) is 65.3 Å². The first-order chi connectivity index (χ1) is 17.7. The minimum Gasteiger partial charge on any atom is -0.371 e. The van der Waals surface area contributed by atoms with Crippen LogP contribution < -0.4 is 10.2 Å². The smallest absolute Gasteiger partial charge is 0.134 e. The number of hydrogen-bond acceptors (Lipinski definition) is 5. The molecule has 4 heterocycles. The molecule has 0 aliphatic carbocycles. The molecule has 0 saturated carbocycles. The first kappa shape index (κ1) is 24.0. The van der Waals surface area contributed by atoms with E-state index in [1.165, 1.54) is 68.5 Å². The number of halogens is 1. The van der Waals surface area contributed by atoms with Crippen molar-refractivity contribution >= 4 is 33.9 Å². The summed E-state index contributed by atoms with van der Waals surface area (Å²) in [6, 6.07) is 18.7. The summed E-state index contributed by atoms with van der Waals surface area (Å²) in [6.07, 6.45) is 9.55. The summed E-state index contributed by atoms with van der Waals surface area (Å²) in [5.41, 5.74) is 2.81. The van der Waals surface area contributed by atoms with Gasteiger partial charge in [-0.25, -0.2) is 4.98 Å². The van der Waals surface area contributed by atoms with Gasteiger partial charge in [0.15, 0.2) is 0 Å². The summed E-state index contributed by atoms with van der Waals surface area (Å²) in [7, 11) is 0. The van der Waals surface area contributed by atoms with Crippen LogP contribution in [0.1, 0.15) is 44.1 Å². The Morgan fingerprint density at radius 1 is 0.833 bits per heavy atom. The number of rotatable bonds is 6. The van der Waals surface area contributed by atoms with E-state index in [-0.39, 0.29) is 0 Å². The van der Waals surface area contributed by atoms with Gasteiger partial charge in [-0.15, -0.1) is 0 Å². The van der Waals surface area contributed by atoms with E-state index in [9.17, 15) is 0 Å². The van der Waals surface area contributed by atoms with Gasteiger partial charge in [-0.3, -0.25) is 4.90 Å². The van der Waals surface area contributed by atoms with Crippen molar-refractivity contribution < 1.29 is 0 Å². The minimum absolute atomic E-state index is 0.448. The van der Waals surface area contributed by atoms with Gasteiger partial charge < -0.3 is 15.1 Å². The van der Waals surface area contributed by atoms with Crippen molar-refractivity contribution in [2.75, 3.05) is 49.5 Å². The van der Waals surface area contributed by atoms with Crippen molar-refractivity contribution in [2.45, 2.75) is 57.2 Å². The van der Waals surface area contributed by atoms with Crippen LogP contribution >= 0.6 is 11.6 Å². The molecule has 6 rings (SSSR count). The Morgan fingerprint density at radius 2 is 1.58 bits per heavy atom. The van der Waals surface area contributed by atoms with Crippen LogP contribution in [0.5, 0.6) is 0 Å². The largest absolute Gasteiger partial charge is 0.371 e. The van der Waals surface area contributed by atoms with Gasteiger partial charge in [-0.05, 0) is 92.9 Å². The average Bonchev–Trinajstić information content (AvgIpc) is 3.46. The molecule has 0 atom stereocenters. The van der Waals surface area contributed by atoms with Crippen LogP contribution in [0.15, 0.2) is 54.7 Å². The molecule has 0 unspecified atom stereocenters. The van der Waals surface area contributed by atoms with Crippen molar-refractivity contribution in [2.24, 2.45) is 0 Å². The number of hydrogen-bond donors (Lipinski definition) is 1. The molecule has 3 fully saturated rings. The molecule has 36 heavy (non-hydrogen) atoms. The maximum Gasteiger partial charge on any atom is 0.134 e. The zero-order valence-electron chi connectivity index (χ0n) is 21.2. The standard InChI is InChI=1S/C30H38ClN5/c31-25-6-5-24-9-14-32-30(29(24)21-25)33-26-10-17-34(18-11-26)22-23-3-7-27(8-4-23)36-19-12-28(13-20-36)35-15-1-2-16-35/h3-9,14,21,26,28H,1-2,10-13,15-20,22H2,(H,32,33). The molecular formula is C30H38ClN5. The molecule has 1 aromatic heterocycles. The Balaban J connectivity index is 0.984. The lowest BCUT2D eigenvalue weighted by Gasteiger charge is -2.38. The Kier molecular flexibility index (Phi) is 7.31. The Labute approximate surface area is 220 Å². The number of nitrogens with one attached hydrogen (secondary N) is 1. The van der Waals surface area contributed by atoms with Gasteiger partial charge in [-0.2, -0.15) is 0 Å². The van der Waals surface area contributed by atoms with Gasteiger partial charge in [0.1, 0.15) is 5.82 Å². The topological polar surface area (TPSA) is 34.6 Å². The first-order valence-electron chi connectivity index (χ1n) is 13.8. The molecular weight excluding hydrogens is 466 g/mol. The summed E-state index contributed by atoms with van der Waals surface area (Å²) in [6.45, 7) is 8.27. The highest BCUT2D eigenvalue weighted by molar-refractivity contribution is 6.31. The molecule has 6 heteroatoms. The lowest BCUT2D eigenvalue weighted by molar-refractivity contribution is 0.208. The molecule has 3 aliphatic heterocycles. The summed E-state index contributed by atoms with van der Waals surface area (Å²) in [4.78, 5) is 12.5. The van der Waals surface area contributed by atoms with Gasteiger partial charge in [0, 0.05) is 67.1 Å². The van der Waals surface area contributed by atoms with Crippen LogP contribution in [0.25, 0.3) is 10.8 Å². The number of likely N-dealkylation sites (tertiary alicyclic amines) is 2. The van der Waals surface area contributed by atoms with Crippen LogP contribution in [-0.2, 0) is 6.54 Å². The molecule has 190 valence electrons. The van der Waals surface area contributed by atoms with Gasteiger partial charge >= 0.3 is 0 Å². The number of fused-ring (bicyclic) bond motifs is 1. The van der Waals surface area contributed by atoms with Gasteiger partial charge in [0.25, 0.3) is 0 Å². The summed E-state index contributed by atoms with van der Waals surface area (Å²) in [5.74, 6) is 0.952. The Bertz CT molecular complexity index is 1140. The number of piperidine rings is 2. The quantitative estimate of drug-likeness (QED) is 0.444. The van der Waals surface area contributed by atoms with E-state index in [2.05, 4.69) is 55.3 Å². The summed E-state index contributed by atoms with van der Waals surface area (Å²) >= 11 is 6.25. The molecule has 2 aromatic carbocycles. The van der Waals surface area contributed by atoms with Crippen LogP contribution in [0, 0.1) is 0 Å². The average molecular weight is 504 g/mol. The highest BCUT2D eigenvalue weighted by Gasteiger charge is 2.26. The fraction of sp³-hybridized carbons (Fsp3) is 0.500. The molecule has 0 radical (unpaired) electrons. The number of anilines is 2. The molecule has 5 nitrogen and oxygen atoms in total. The van der Waals surface area contributed by atoms with Crippen LogP contribution in [0.2, 0.25) is 5.02 Å². The Morgan fingerprint density at radius 3 is 2.33 bits per heavy atom. The van der Waals surface area contributed by atoms with Gasteiger partial charge in [-0.1, -0.05) is 29.8 Å². The van der Waals surface area contributed by atoms with E-state index in [0.717, 1.165) is 54.7 Å². The predicted molar refractivity (Wildman–Crippen MR) is 151 cm³/mol. The van der Waals surface area contributed by atoms with Crippen molar-refractivity contribution in [1.29, 1.82) is 0 Å². The maximum atomic E-state index is 6.25. The molecule has 0 bridgehead atoms. The third-order valence-electron chi connectivity index (χ3n) is 8.49. The SMILES string of the molecule is Clc1ccc2ccnc(NC3CCN(Cc4ccc(N5CCC(N6CCCC6)CC5)cc4)CC3)c2c1. The lowest BCUT2D eigenvalue weighted by atomic mass is 10.0. The normalized spacial score (nSPS) is 20.9. The van der Waals surface area contributed by atoms with Gasteiger partial charge in [0.05, 0.1) is 0 Å². The van der Waals surface area contributed by atoms with Crippen LogP contribution in [0.3, 0.4) is 0 Å². The third-order valence-corrected chi connectivity index (χ3v) is 8.72. The van der Waals surface area contributed by atoms with E-state index in [1.54, 1.807) is 0 Å².